The Hall–Kier alpha value is -1.99. The van der Waals surface area contributed by atoms with E-state index in [4.69, 9.17) is 10.6 Å². The monoisotopic (exact) mass is 276 g/mol. The van der Waals surface area contributed by atoms with Gasteiger partial charge in [-0.25, -0.2) is 20.5 Å². The summed E-state index contributed by atoms with van der Waals surface area (Å²) >= 11 is 0. The number of nitrogen functional groups attached to an aromatic ring is 1. The average molecular weight is 276 g/mol. The van der Waals surface area contributed by atoms with Crippen LogP contribution in [0.5, 0.6) is 0 Å². The fourth-order valence-corrected chi connectivity index (χ4v) is 1.71. The minimum Gasteiger partial charge on any atom is -0.374 e. The Balaban J connectivity index is 2.33. The minimum atomic E-state index is 0.345. The van der Waals surface area contributed by atoms with E-state index in [1.54, 1.807) is 10.7 Å². The molecule has 0 aliphatic carbocycles. The van der Waals surface area contributed by atoms with E-state index in [0.717, 1.165) is 5.69 Å². The maximum absolute atomic E-state index is 5.44. The molecule has 0 aromatic carbocycles. The van der Waals surface area contributed by atoms with Crippen molar-refractivity contribution in [3.05, 3.63) is 29.8 Å². The van der Waals surface area contributed by atoms with Crippen LogP contribution in [-0.2, 0) is 11.3 Å². The summed E-state index contributed by atoms with van der Waals surface area (Å²) in [5, 5.41) is 4.49. The molecular formula is C13H20N6O. The highest BCUT2D eigenvalue weighted by Crippen LogP contribution is 2.15. The molecule has 0 radical (unpaired) electrons. The standard InChI is InChI=1S/C13H20N6O/c1-4-20-8-12-15-11(17-14)7-13(16-12)19-6-5-10(18-19)9(2)3/h5-7,9H,4,8,14H2,1-3H3,(H,15,16,17). The van der Waals surface area contributed by atoms with Gasteiger partial charge in [-0.15, -0.1) is 0 Å². The van der Waals surface area contributed by atoms with Crippen LogP contribution in [0.2, 0.25) is 0 Å². The molecule has 0 spiro atoms. The number of hydrazine groups is 1. The van der Waals surface area contributed by atoms with Gasteiger partial charge in [0.05, 0.1) is 5.69 Å². The number of ether oxygens (including phenoxy) is 1. The van der Waals surface area contributed by atoms with E-state index in [2.05, 4.69) is 34.3 Å². The fourth-order valence-electron chi connectivity index (χ4n) is 1.71. The van der Waals surface area contributed by atoms with Gasteiger partial charge in [-0.3, -0.25) is 0 Å². The highest BCUT2D eigenvalue weighted by molar-refractivity contribution is 5.40. The van der Waals surface area contributed by atoms with Crippen molar-refractivity contribution < 1.29 is 4.74 Å². The molecule has 7 heteroatoms. The van der Waals surface area contributed by atoms with Gasteiger partial charge in [0.1, 0.15) is 12.4 Å². The van der Waals surface area contributed by atoms with Gasteiger partial charge in [-0.05, 0) is 18.9 Å². The van der Waals surface area contributed by atoms with Gasteiger partial charge in [0.25, 0.3) is 0 Å². The maximum Gasteiger partial charge on any atom is 0.159 e. The molecule has 2 rings (SSSR count). The van der Waals surface area contributed by atoms with Crippen LogP contribution >= 0.6 is 0 Å². The number of nitrogens with zero attached hydrogens (tertiary/aromatic N) is 4. The first-order chi connectivity index (χ1) is 9.63. The molecule has 0 aliphatic rings. The molecule has 0 fully saturated rings. The van der Waals surface area contributed by atoms with Crippen molar-refractivity contribution in [1.82, 2.24) is 19.7 Å². The zero-order valence-electron chi connectivity index (χ0n) is 12.0. The van der Waals surface area contributed by atoms with E-state index in [1.165, 1.54) is 0 Å². The van der Waals surface area contributed by atoms with Crippen LogP contribution in [0, 0.1) is 0 Å². The Morgan fingerprint density at radius 2 is 2.20 bits per heavy atom. The molecule has 0 saturated carbocycles. The van der Waals surface area contributed by atoms with Gasteiger partial charge in [0.15, 0.2) is 11.6 Å². The highest BCUT2D eigenvalue weighted by Gasteiger charge is 2.09. The number of nitrogens with two attached hydrogens (primary N) is 1. The van der Waals surface area contributed by atoms with Crippen LogP contribution < -0.4 is 11.3 Å². The third-order valence-corrected chi connectivity index (χ3v) is 2.78. The molecule has 7 nitrogen and oxygen atoms in total. The molecule has 0 atom stereocenters. The summed E-state index contributed by atoms with van der Waals surface area (Å²) < 4.78 is 7.05. The van der Waals surface area contributed by atoms with E-state index in [1.807, 2.05) is 19.2 Å². The van der Waals surface area contributed by atoms with E-state index >= 15 is 0 Å². The number of hydrogen-bond donors (Lipinski definition) is 2. The van der Waals surface area contributed by atoms with Crippen molar-refractivity contribution in [2.45, 2.75) is 33.3 Å². The lowest BCUT2D eigenvalue weighted by atomic mass is 10.1. The summed E-state index contributed by atoms with van der Waals surface area (Å²) in [5.74, 6) is 7.57. The minimum absolute atomic E-state index is 0.345. The Morgan fingerprint density at radius 3 is 2.80 bits per heavy atom. The highest BCUT2D eigenvalue weighted by atomic mass is 16.5. The summed E-state index contributed by atoms with van der Waals surface area (Å²) in [6.07, 6.45) is 1.88. The zero-order chi connectivity index (χ0) is 14.5. The van der Waals surface area contributed by atoms with E-state index in [0.29, 0.717) is 36.6 Å². The van der Waals surface area contributed by atoms with Crippen molar-refractivity contribution in [2.24, 2.45) is 5.84 Å². The molecule has 3 N–H and O–H groups in total. The third-order valence-electron chi connectivity index (χ3n) is 2.78. The molecule has 108 valence electrons. The first-order valence-corrected chi connectivity index (χ1v) is 6.62. The average Bonchev–Trinajstić information content (AvgIpc) is 2.94. The molecule has 0 saturated heterocycles. The smallest absolute Gasteiger partial charge is 0.159 e. The van der Waals surface area contributed by atoms with Crippen molar-refractivity contribution in [2.75, 3.05) is 12.0 Å². The van der Waals surface area contributed by atoms with Crippen LogP contribution in [0.4, 0.5) is 5.82 Å². The van der Waals surface area contributed by atoms with Crippen molar-refractivity contribution in [1.29, 1.82) is 0 Å². The van der Waals surface area contributed by atoms with Crippen LogP contribution in [-0.4, -0.2) is 26.4 Å². The van der Waals surface area contributed by atoms with Crippen LogP contribution in [0.15, 0.2) is 18.3 Å². The lowest BCUT2D eigenvalue weighted by Crippen LogP contribution is -2.13. The summed E-state index contributed by atoms with van der Waals surface area (Å²) in [6, 6.07) is 3.72. The molecule has 2 heterocycles. The topological polar surface area (TPSA) is 90.9 Å². The molecule has 0 amide bonds. The van der Waals surface area contributed by atoms with Gasteiger partial charge in [-0.2, -0.15) is 5.10 Å². The Labute approximate surface area is 118 Å². The largest absolute Gasteiger partial charge is 0.374 e. The Morgan fingerprint density at radius 1 is 1.40 bits per heavy atom. The molecule has 2 aromatic heterocycles. The van der Waals surface area contributed by atoms with Gasteiger partial charge in [0, 0.05) is 18.9 Å². The second-order valence-corrected chi connectivity index (χ2v) is 4.65. The third kappa shape index (κ3) is 3.31. The zero-order valence-corrected chi connectivity index (χ0v) is 12.0. The molecule has 2 aromatic rings. The molecule has 0 unspecified atom stereocenters. The van der Waals surface area contributed by atoms with Crippen LogP contribution in [0.3, 0.4) is 0 Å². The number of rotatable bonds is 6. The van der Waals surface area contributed by atoms with Crippen molar-refractivity contribution in [3.63, 3.8) is 0 Å². The second-order valence-electron chi connectivity index (χ2n) is 4.65. The number of anilines is 1. The van der Waals surface area contributed by atoms with E-state index < -0.39 is 0 Å². The van der Waals surface area contributed by atoms with Crippen LogP contribution in [0.25, 0.3) is 5.82 Å². The molecule has 0 aliphatic heterocycles. The van der Waals surface area contributed by atoms with E-state index in [9.17, 15) is 0 Å². The quantitative estimate of drug-likeness (QED) is 0.615. The lowest BCUT2D eigenvalue weighted by molar-refractivity contribution is 0.128. The summed E-state index contributed by atoms with van der Waals surface area (Å²) in [5.41, 5.74) is 3.55. The van der Waals surface area contributed by atoms with Gasteiger partial charge in [0.2, 0.25) is 0 Å². The summed E-state index contributed by atoms with van der Waals surface area (Å²) in [4.78, 5) is 8.67. The first kappa shape index (κ1) is 14.4. The Kier molecular flexibility index (Phi) is 4.65. The number of aromatic nitrogens is 4. The number of nitrogens with one attached hydrogen (secondary N) is 1. The normalized spacial score (nSPS) is 11.1. The summed E-state index contributed by atoms with van der Waals surface area (Å²) in [6.45, 7) is 7.07. The first-order valence-electron chi connectivity index (χ1n) is 6.62. The van der Waals surface area contributed by atoms with Crippen LogP contribution in [0.1, 0.15) is 38.2 Å². The predicted molar refractivity (Wildman–Crippen MR) is 76.4 cm³/mol. The van der Waals surface area contributed by atoms with Gasteiger partial charge >= 0.3 is 0 Å². The van der Waals surface area contributed by atoms with Crippen molar-refractivity contribution >= 4 is 5.82 Å². The SMILES string of the molecule is CCOCc1nc(NN)cc(-n2ccc(C(C)C)n2)n1. The molecule has 0 bridgehead atoms. The van der Waals surface area contributed by atoms with Gasteiger partial charge < -0.3 is 10.2 Å². The van der Waals surface area contributed by atoms with Gasteiger partial charge in [-0.1, -0.05) is 13.8 Å². The lowest BCUT2D eigenvalue weighted by Gasteiger charge is -2.08. The Bertz CT molecular complexity index is 566. The molecule has 20 heavy (non-hydrogen) atoms. The maximum atomic E-state index is 5.44. The van der Waals surface area contributed by atoms with E-state index in [-0.39, 0.29) is 0 Å². The summed E-state index contributed by atoms with van der Waals surface area (Å²) in [7, 11) is 0. The molecular weight excluding hydrogens is 256 g/mol. The fraction of sp³-hybridized carbons (Fsp3) is 0.462. The second kappa shape index (κ2) is 6.44. The van der Waals surface area contributed by atoms with Crippen molar-refractivity contribution in [3.8, 4) is 5.82 Å². The number of hydrogen-bond acceptors (Lipinski definition) is 6. The predicted octanol–water partition coefficient (Wildman–Crippen LogP) is 1.61.